The number of pyridine rings is 1. The van der Waals surface area contributed by atoms with Crippen molar-refractivity contribution in [2.45, 2.75) is 26.6 Å². The standard InChI is InChI=1S/C29H27N2OSi/c1-19-16-23(21-10-12-22(13-11-21)33(3,4)5)28-24-17-20(18-30)9-14-26(24)32-29(28)27(19)25-8-6-7-15-31(25)2/h6-17H,1-5H3/q+1. The van der Waals surface area contributed by atoms with Crippen LogP contribution in [0, 0.1) is 18.3 Å². The van der Waals surface area contributed by atoms with E-state index in [0.29, 0.717) is 5.56 Å². The minimum atomic E-state index is -1.38. The monoisotopic (exact) mass is 447 g/mol. The van der Waals surface area contributed by atoms with Crippen molar-refractivity contribution in [1.29, 1.82) is 5.26 Å². The number of nitrogens with zero attached hydrogens (tertiary/aromatic N) is 2. The highest BCUT2D eigenvalue weighted by Gasteiger charge is 2.24. The summed E-state index contributed by atoms with van der Waals surface area (Å²) >= 11 is 0. The first-order valence-electron chi connectivity index (χ1n) is 11.2. The Hall–Kier alpha value is -3.68. The molecular formula is C29H27N2OSi+. The first kappa shape index (κ1) is 21.2. The zero-order valence-corrected chi connectivity index (χ0v) is 20.7. The van der Waals surface area contributed by atoms with Gasteiger partial charge in [-0.25, -0.2) is 4.57 Å². The van der Waals surface area contributed by atoms with Gasteiger partial charge < -0.3 is 4.42 Å². The van der Waals surface area contributed by atoms with Crippen LogP contribution in [0.5, 0.6) is 0 Å². The zero-order valence-electron chi connectivity index (χ0n) is 19.7. The van der Waals surface area contributed by atoms with E-state index in [0.717, 1.165) is 44.3 Å². The summed E-state index contributed by atoms with van der Waals surface area (Å²) in [5.41, 5.74) is 7.96. The summed E-state index contributed by atoms with van der Waals surface area (Å²) in [6, 6.07) is 25.5. The Labute approximate surface area is 195 Å². The molecular weight excluding hydrogens is 420 g/mol. The minimum Gasteiger partial charge on any atom is -0.455 e. The number of nitriles is 1. The lowest BCUT2D eigenvalue weighted by Crippen LogP contribution is -2.37. The zero-order chi connectivity index (χ0) is 23.3. The van der Waals surface area contributed by atoms with Crippen LogP contribution in [-0.2, 0) is 7.05 Å². The molecule has 2 heterocycles. The maximum Gasteiger partial charge on any atom is 0.216 e. The molecule has 0 amide bonds. The van der Waals surface area contributed by atoms with Crippen LogP contribution in [0.3, 0.4) is 0 Å². The first-order valence-corrected chi connectivity index (χ1v) is 14.7. The lowest BCUT2D eigenvalue weighted by atomic mass is 9.92. The van der Waals surface area contributed by atoms with E-state index in [-0.39, 0.29) is 0 Å². The highest BCUT2D eigenvalue weighted by Crippen LogP contribution is 2.43. The average molecular weight is 448 g/mol. The smallest absolute Gasteiger partial charge is 0.216 e. The molecule has 0 N–H and O–H groups in total. The maximum absolute atomic E-state index is 9.53. The second-order valence-corrected chi connectivity index (χ2v) is 14.8. The van der Waals surface area contributed by atoms with Gasteiger partial charge in [-0.05, 0) is 53.9 Å². The third kappa shape index (κ3) is 3.55. The predicted octanol–water partition coefficient (Wildman–Crippen LogP) is 6.47. The van der Waals surface area contributed by atoms with Gasteiger partial charge in [-0.2, -0.15) is 5.26 Å². The molecule has 0 aliphatic heterocycles. The molecule has 4 heteroatoms. The molecule has 33 heavy (non-hydrogen) atoms. The van der Waals surface area contributed by atoms with Gasteiger partial charge in [0.25, 0.3) is 0 Å². The topological polar surface area (TPSA) is 40.8 Å². The van der Waals surface area contributed by atoms with Crippen molar-refractivity contribution in [3.05, 3.63) is 84.1 Å². The van der Waals surface area contributed by atoms with E-state index in [1.807, 2.05) is 24.3 Å². The quantitative estimate of drug-likeness (QED) is 0.235. The van der Waals surface area contributed by atoms with E-state index >= 15 is 0 Å². The van der Waals surface area contributed by atoms with Crippen LogP contribution in [0.25, 0.3) is 44.3 Å². The summed E-state index contributed by atoms with van der Waals surface area (Å²) in [7, 11) is 0.674. The number of rotatable bonds is 3. The van der Waals surface area contributed by atoms with E-state index in [9.17, 15) is 5.26 Å². The van der Waals surface area contributed by atoms with Gasteiger partial charge >= 0.3 is 0 Å². The number of aromatic nitrogens is 1. The van der Waals surface area contributed by atoms with Crippen molar-refractivity contribution in [3.8, 4) is 28.5 Å². The lowest BCUT2D eigenvalue weighted by Gasteiger charge is -2.17. The molecule has 0 unspecified atom stereocenters. The summed E-state index contributed by atoms with van der Waals surface area (Å²) in [6.45, 7) is 9.25. The molecule has 162 valence electrons. The van der Waals surface area contributed by atoms with Gasteiger partial charge in [-0.3, -0.25) is 0 Å². The summed E-state index contributed by atoms with van der Waals surface area (Å²) < 4.78 is 8.62. The van der Waals surface area contributed by atoms with Crippen LogP contribution in [0.15, 0.2) is 77.3 Å². The summed E-state index contributed by atoms with van der Waals surface area (Å²) in [5, 5.41) is 13.0. The van der Waals surface area contributed by atoms with E-state index in [1.54, 1.807) is 0 Å². The largest absolute Gasteiger partial charge is 0.455 e. The summed E-state index contributed by atoms with van der Waals surface area (Å²) in [6.07, 6.45) is 2.06. The molecule has 0 saturated heterocycles. The molecule has 5 rings (SSSR count). The Morgan fingerprint density at radius 2 is 1.70 bits per heavy atom. The maximum atomic E-state index is 9.53. The van der Waals surface area contributed by atoms with Gasteiger partial charge in [0.05, 0.1) is 25.3 Å². The van der Waals surface area contributed by atoms with Gasteiger partial charge in [0.2, 0.25) is 5.69 Å². The highest BCUT2D eigenvalue weighted by atomic mass is 28.3. The molecule has 0 bridgehead atoms. The van der Waals surface area contributed by atoms with Crippen molar-refractivity contribution >= 4 is 35.2 Å². The van der Waals surface area contributed by atoms with Crippen molar-refractivity contribution < 1.29 is 8.98 Å². The van der Waals surface area contributed by atoms with Gasteiger partial charge in [-0.1, -0.05) is 49.1 Å². The Morgan fingerprint density at radius 1 is 0.939 bits per heavy atom. The molecule has 0 radical (unpaired) electrons. The molecule has 3 nitrogen and oxygen atoms in total. The average Bonchev–Trinajstić information content (AvgIpc) is 3.17. The van der Waals surface area contributed by atoms with Crippen molar-refractivity contribution in [1.82, 2.24) is 0 Å². The number of hydrogen-bond donors (Lipinski definition) is 0. The van der Waals surface area contributed by atoms with Gasteiger partial charge in [-0.15, -0.1) is 0 Å². The van der Waals surface area contributed by atoms with Crippen molar-refractivity contribution in [2.24, 2.45) is 7.05 Å². The summed E-state index contributed by atoms with van der Waals surface area (Å²) in [5.74, 6) is 0. The Bertz CT molecular complexity index is 1560. The molecule has 2 aromatic heterocycles. The normalized spacial score (nSPS) is 11.8. The molecule has 0 saturated carbocycles. The van der Waals surface area contributed by atoms with Crippen LogP contribution in [-0.4, -0.2) is 8.07 Å². The molecule has 0 aliphatic rings. The van der Waals surface area contributed by atoms with E-state index < -0.39 is 8.07 Å². The highest BCUT2D eigenvalue weighted by molar-refractivity contribution is 6.88. The minimum absolute atomic E-state index is 0.637. The molecule has 0 fully saturated rings. The number of benzene rings is 3. The van der Waals surface area contributed by atoms with Crippen LogP contribution < -0.4 is 9.75 Å². The Kier molecular flexibility index (Phi) is 4.95. The number of aryl methyl sites for hydroxylation is 2. The first-order chi connectivity index (χ1) is 15.8. The predicted molar refractivity (Wildman–Crippen MR) is 138 cm³/mol. The van der Waals surface area contributed by atoms with Gasteiger partial charge in [0.15, 0.2) is 6.20 Å². The molecule has 0 spiro atoms. The fourth-order valence-electron chi connectivity index (χ4n) is 4.63. The van der Waals surface area contributed by atoms with Crippen LogP contribution in [0.2, 0.25) is 19.6 Å². The van der Waals surface area contributed by atoms with E-state index in [2.05, 4.69) is 92.9 Å². The van der Waals surface area contributed by atoms with E-state index in [1.165, 1.54) is 10.8 Å². The van der Waals surface area contributed by atoms with Crippen LogP contribution >= 0.6 is 0 Å². The molecule has 0 aliphatic carbocycles. The fraction of sp³-hybridized carbons (Fsp3) is 0.172. The number of furan rings is 1. The van der Waals surface area contributed by atoms with Crippen molar-refractivity contribution in [3.63, 3.8) is 0 Å². The Balaban J connectivity index is 1.88. The second-order valence-electron chi connectivity index (χ2n) is 9.77. The third-order valence-corrected chi connectivity index (χ3v) is 8.51. The summed E-state index contributed by atoms with van der Waals surface area (Å²) in [4.78, 5) is 0. The van der Waals surface area contributed by atoms with Crippen molar-refractivity contribution in [2.75, 3.05) is 0 Å². The number of hydrogen-bond acceptors (Lipinski definition) is 2. The van der Waals surface area contributed by atoms with Gasteiger partial charge in [0.1, 0.15) is 18.2 Å². The Morgan fingerprint density at radius 3 is 2.36 bits per heavy atom. The van der Waals surface area contributed by atoms with E-state index in [4.69, 9.17) is 4.42 Å². The second kappa shape index (κ2) is 7.72. The number of fused-ring (bicyclic) bond motifs is 3. The lowest BCUT2D eigenvalue weighted by molar-refractivity contribution is -0.660. The SMILES string of the molecule is Cc1cc(-c2ccc([Si](C)(C)C)cc2)c2c(oc3ccc(C#N)cc32)c1-c1cccc[n+]1C. The van der Waals surface area contributed by atoms with Gasteiger partial charge in [0, 0.05) is 22.9 Å². The molecule has 0 atom stereocenters. The van der Waals surface area contributed by atoms with Crippen LogP contribution in [0.4, 0.5) is 0 Å². The fourth-order valence-corrected chi connectivity index (χ4v) is 5.80. The molecule has 3 aromatic carbocycles. The third-order valence-electron chi connectivity index (χ3n) is 6.44. The van der Waals surface area contributed by atoms with Crippen LogP contribution in [0.1, 0.15) is 11.1 Å². The molecule has 5 aromatic rings.